The van der Waals surface area contributed by atoms with Gasteiger partial charge in [0.1, 0.15) is 23.4 Å². The van der Waals surface area contributed by atoms with Crippen molar-refractivity contribution in [1.82, 2.24) is 35.8 Å². The van der Waals surface area contributed by atoms with Crippen molar-refractivity contribution in [1.29, 1.82) is 0 Å². The Labute approximate surface area is 428 Å². The number of carbonyl (C=O) groups excluding carboxylic acids is 5. The molecular weight excluding hydrogens is 949 g/mol. The van der Waals surface area contributed by atoms with Crippen LogP contribution in [-0.4, -0.2) is 85.8 Å². The number of β-amino-alcohol motifs (C(OH)–C–C–N with tert-alkyl or cyclic N) is 1. The molecule has 0 unspecified atom stereocenters. The number of hydrogen-bond acceptors (Lipinski definition) is 13. The van der Waals surface area contributed by atoms with Crippen LogP contribution in [0.3, 0.4) is 0 Å². The zero-order chi connectivity index (χ0) is 52.2. The summed E-state index contributed by atoms with van der Waals surface area (Å²) in [6, 6.07) is 20.0. The molecule has 1 saturated heterocycles. The number of aliphatic hydroxyl groups is 1. The van der Waals surface area contributed by atoms with Gasteiger partial charge in [0, 0.05) is 80.3 Å². The Balaban J connectivity index is 0.792. The maximum absolute atomic E-state index is 14.1. The number of aromatic nitrogens is 3. The van der Waals surface area contributed by atoms with Gasteiger partial charge in [-0.3, -0.25) is 24.0 Å². The lowest BCUT2D eigenvalue weighted by Crippen LogP contribution is -2.57. The average Bonchev–Trinajstić information content (AvgIpc) is 3.98. The quantitative estimate of drug-likeness (QED) is 0.0342. The van der Waals surface area contributed by atoms with Gasteiger partial charge in [0.05, 0.1) is 28.2 Å². The zero-order valence-corrected chi connectivity index (χ0v) is 43.0. The topological polar surface area (TPSA) is 235 Å². The molecule has 4 atom stereocenters. The number of hydrogen-bond donors (Lipinski definition) is 5. The van der Waals surface area contributed by atoms with Crippen LogP contribution in [0.15, 0.2) is 99.9 Å². The van der Waals surface area contributed by atoms with Gasteiger partial charge in [0.25, 0.3) is 0 Å². The number of thiazole rings is 1. The van der Waals surface area contributed by atoms with Gasteiger partial charge in [-0.1, -0.05) is 70.0 Å². The number of rotatable bonds is 21. The van der Waals surface area contributed by atoms with Crippen molar-refractivity contribution in [2.24, 2.45) is 5.41 Å². The van der Waals surface area contributed by atoms with Crippen LogP contribution in [0.4, 0.5) is 5.69 Å². The van der Waals surface area contributed by atoms with Crippen molar-refractivity contribution in [3.8, 4) is 22.2 Å². The Hall–Kier alpha value is -7.31. The minimum absolute atomic E-state index is 0.0507. The molecule has 0 spiro atoms. The summed E-state index contributed by atoms with van der Waals surface area (Å²) in [5.41, 5.74) is 6.62. The number of anilines is 1. The van der Waals surface area contributed by atoms with E-state index >= 15 is 0 Å². The molecule has 3 aromatic carbocycles. The van der Waals surface area contributed by atoms with E-state index in [-0.39, 0.29) is 49.7 Å². The van der Waals surface area contributed by atoms with Crippen molar-refractivity contribution in [3.63, 3.8) is 0 Å². The maximum atomic E-state index is 14.1. The second-order valence-electron chi connectivity index (χ2n) is 19.6. The van der Waals surface area contributed by atoms with Crippen LogP contribution in [0.25, 0.3) is 21.4 Å². The predicted molar refractivity (Wildman–Crippen MR) is 279 cm³/mol. The Morgan fingerprint density at radius 3 is 2.33 bits per heavy atom. The van der Waals surface area contributed by atoms with E-state index in [1.807, 2.05) is 90.1 Å². The fourth-order valence-corrected chi connectivity index (χ4v) is 9.64. The van der Waals surface area contributed by atoms with Crippen LogP contribution in [0.1, 0.15) is 113 Å². The van der Waals surface area contributed by atoms with Gasteiger partial charge in [-0.15, -0.1) is 11.3 Å². The van der Waals surface area contributed by atoms with Crippen molar-refractivity contribution in [2.75, 3.05) is 18.4 Å². The lowest BCUT2D eigenvalue weighted by molar-refractivity contribution is -0.144. The van der Waals surface area contributed by atoms with E-state index in [0.717, 1.165) is 51.1 Å². The molecule has 1 fully saturated rings. The number of ether oxygens (including phenoxy) is 1. The molecule has 0 aliphatic carbocycles. The molecular formula is C55H64N8O9S. The number of amides is 5. The first-order valence-corrected chi connectivity index (χ1v) is 25.6. The van der Waals surface area contributed by atoms with Gasteiger partial charge in [-0.2, -0.15) is 0 Å². The summed E-state index contributed by atoms with van der Waals surface area (Å²) < 4.78 is 11.4. The maximum Gasteiger partial charge on any atom is 0.340 e. The number of aryl methyl sites for hydroxylation is 2. The minimum atomic E-state index is -1.01. The molecule has 1 aliphatic heterocycles. The zero-order valence-electron chi connectivity index (χ0n) is 42.2. The van der Waals surface area contributed by atoms with Gasteiger partial charge in [-0.25, -0.2) is 19.7 Å². The monoisotopic (exact) mass is 1010 g/mol. The number of aliphatic hydroxyl groups excluding tert-OH is 1. The number of nitrogens with one attached hydrogen (secondary N) is 4. The third kappa shape index (κ3) is 14.4. The summed E-state index contributed by atoms with van der Waals surface area (Å²) in [5.74, 6) is -1.34. The van der Waals surface area contributed by atoms with Crippen LogP contribution >= 0.6 is 11.3 Å². The summed E-state index contributed by atoms with van der Waals surface area (Å²) >= 11 is 1.56. The molecule has 0 bridgehead atoms. The Kier molecular flexibility index (Phi) is 17.9. The molecule has 3 aromatic heterocycles. The number of benzene rings is 3. The molecule has 6 aromatic rings. The van der Waals surface area contributed by atoms with E-state index in [2.05, 4.69) is 36.2 Å². The first kappa shape index (κ1) is 53.5. The van der Waals surface area contributed by atoms with E-state index < -0.39 is 46.9 Å². The second-order valence-corrected chi connectivity index (χ2v) is 20.5. The molecule has 5 N–H and O–H groups in total. The highest BCUT2D eigenvalue weighted by Crippen LogP contribution is 2.31. The van der Waals surface area contributed by atoms with Gasteiger partial charge >= 0.3 is 11.6 Å². The van der Waals surface area contributed by atoms with Gasteiger partial charge < -0.3 is 40.4 Å². The SMILES string of the molecule is Cc1ncsc1-c1ccc([C@H](C)NC(=O)[C@@H]2C[C@@H](O)CN2C(=O)[C@@H](NC(=O)CCC(=O)NCCCCCCC(=O)Nc2cccc(Cc3c(C)c4ccc(Oc5ncccn5)cc4oc3=O)c2)C(C)(C)C)cc1. The van der Waals surface area contributed by atoms with Crippen molar-refractivity contribution in [3.05, 3.63) is 129 Å². The Morgan fingerprint density at radius 2 is 1.60 bits per heavy atom. The molecule has 0 radical (unpaired) electrons. The lowest BCUT2D eigenvalue weighted by atomic mass is 9.85. The number of carbonyl (C=O) groups is 5. The lowest BCUT2D eigenvalue weighted by Gasteiger charge is -2.35. The van der Waals surface area contributed by atoms with E-state index in [1.165, 1.54) is 4.90 Å². The molecule has 73 heavy (non-hydrogen) atoms. The summed E-state index contributed by atoms with van der Waals surface area (Å²) in [6.07, 6.45) is 5.61. The summed E-state index contributed by atoms with van der Waals surface area (Å²) in [4.78, 5) is 94.5. The molecule has 17 nitrogen and oxygen atoms in total. The van der Waals surface area contributed by atoms with Crippen LogP contribution in [0, 0.1) is 19.3 Å². The summed E-state index contributed by atoms with van der Waals surface area (Å²) in [5, 5.41) is 23.0. The third-order valence-corrected chi connectivity index (χ3v) is 13.9. The molecule has 0 saturated carbocycles. The first-order valence-electron chi connectivity index (χ1n) is 24.7. The molecule has 18 heteroatoms. The predicted octanol–water partition coefficient (Wildman–Crippen LogP) is 7.86. The molecule has 5 amide bonds. The Bertz CT molecular complexity index is 2970. The van der Waals surface area contributed by atoms with Gasteiger partial charge in [0.2, 0.25) is 29.5 Å². The van der Waals surface area contributed by atoms with Crippen molar-refractivity contribution >= 4 is 57.5 Å². The average molecular weight is 1010 g/mol. The van der Waals surface area contributed by atoms with Gasteiger partial charge in [0.15, 0.2) is 0 Å². The molecule has 1 aliphatic rings. The minimum Gasteiger partial charge on any atom is -0.424 e. The first-order chi connectivity index (χ1) is 34.9. The van der Waals surface area contributed by atoms with Crippen LogP contribution in [-0.2, 0) is 30.4 Å². The van der Waals surface area contributed by atoms with Crippen molar-refractivity contribution in [2.45, 2.75) is 124 Å². The largest absolute Gasteiger partial charge is 0.424 e. The fraction of sp³-hybridized carbons (Fsp3) is 0.400. The summed E-state index contributed by atoms with van der Waals surface area (Å²) in [7, 11) is 0. The fourth-order valence-electron chi connectivity index (χ4n) is 8.83. The van der Waals surface area contributed by atoms with E-state index in [4.69, 9.17) is 9.15 Å². The highest BCUT2D eigenvalue weighted by atomic mass is 32.1. The van der Waals surface area contributed by atoms with E-state index in [9.17, 15) is 33.9 Å². The standard InChI is InChI=1S/C55H64N8O9S/c1-33-42-21-20-41(71-54-57-25-12-26-58-54)30-45(42)72-53(70)43(33)28-36-13-11-14-39(27-36)61-47(66)15-9-7-8-10-24-56-46(65)22-23-48(67)62-50(55(4,5)6)52(69)63-31-40(64)29-44(63)51(68)60-34(2)37-16-18-38(19-17-37)49-35(3)59-32-73-49/h11-14,16-21,25-27,30,32,34,40,44,50,64H,7-10,15,22-24,28-29,31H2,1-6H3,(H,56,65)(H,60,68)(H,61,66)(H,62,67)/t34-,40+,44-,50+/m0/s1. The highest BCUT2D eigenvalue weighted by Gasteiger charge is 2.44. The smallest absolute Gasteiger partial charge is 0.340 e. The number of likely N-dealkylation sites (tertiary alicyclic amines) is 1. The van der Waals surface area contributed by atoms with Gasteiger partial charge in [-0.05, 0) is 91.6 Å². The Morgan fingerprint density at radius 1 is 0.863 bits per heavy atom. The third-order valence-electron chi connectivity index (χ3n) is 12.9. The van der Waals surface area contributed by atoms with Crippen LogP contribution < -0.4 is 31.6 Å². The number of unbranched alkanes of at least 4 members (excludes halogenated alkanes) is 3. The van der Waals surface area contributed by atoms with Crippen LogP contribution in [0.2, 0.25) is 0 Å². The molecule has 7 rings (SSSR count). The number of nitrogens with zero attached hydrogens (tertiary/aromatic N) is 4. The summed E-state index contributed by atoms with van der Waals surface area (Å²) in [6.45, 7) is 11.5. The molecule has 4 heterocycles. The van der Waals surface area contributed by atoms with Crippen molar-refractivity contribution < 1.29 is 38.2 Å². The number of fused-ring (bicyclic) bond motifs is 1. The van der Waals surface area contributed by atoms with E-state index in [0.29, 0.717) is 54.8 Å². The normalized spacial score (nSPS) is 15.4. The molecule has 384 valence electrons. The highest BCUT2D eigenvalue weighted by molar-refractivity contribution is 7.13. The second kappa shape index (κ2) is 24.4. The van der Waals surface area contributed by atoms with E-state index in [1.54, 1.807) is 53.5 Å². The van der Waals surface area contributed by atoms with Crippen LogP contribution in [0.5, 0.6) is 11.8 Å².